The molecular formula is C16H20ClN3O. The summed E-state index contributed by atoms with van der Waals surface area (Å²) in [5.41, 5.74) is 7.35. The second-order valence-corrected chi connectivity index (χ2v) is 5.99. The Bertz CT molecular complexity index is 605. The normalized spacial score (nSPS) is 16.0. The molecule has 1 fully saturated rings. The second-order valence-electron chi connectivity index (χ2n) is 5.55. The van der Waals surface area contributed by atoms with Crippen LogP contribution < -0.4 is 10.5 Å². The van der Waals surface area contributed by atoms with Gasteiger partial charge in [-0.15, -0.1) is 0 Å². The van der Waals surface area contributed by atoms with Crippen molar-refractivity contribution in [1.82, 2.24) is 9.78 Å². The predicted molar refractivity (Wildman–Crippen MR) is 84.5 cm³/mol. The fraction of sp³-hybridized carbons (Fsp3) is 0.438. The molecule has 0 unspecified atom stereocenters. The first-order chi connectivity index (χ1) is 10.2. The van der Waals surface area contributed by atoms with Crippen LogP contribution in [0.5, 0.6) is 5.75 Å². The number of ether oxygens (including phenoxy) is 1. The Kier molecular flexibility index (Phi) is 4.34. The minimum absolute atomic E-state index is 0.422. The summed E-state index contributed by atoms with van der Waals surface area (Å²) < 4.78 is 7.81. The smallest absolute Gasteiger partial charge is 0.142 e. The van der Waals surface area contributed by atoms with Crippen molar-refractivity contribution < 1.29 is 4.74 Å². The molecule has 1 aliphatic rings. The first kappa shape index (κ1) is 14.3. The fourth-order valence-electron chi connectivity index (χ4n) is 2.81. The Morgan fingerprint density at radius 1 is 1.24 bits per heavy atom. The zero-order valence-electron chi connectivity index (χ0n) is 12.0. The van der Waals surface area contributed by atoms with Crippen LogP contribution in [-0.4, -0.2) is 9.78 Å². The number of benzene rings is 1. The Hall–Kier alpha value is -1.68. The molecule has 1 aromatic carbocycles. The highest BCUT2D eigenvalue weighted by Gasteiger charge is 2.16. The van der Waals surface area contributed by atoms with Gasteiger partial charge in [-0.2, -0.15) is 5.10 Å². The van der Waals surface area contributed by atoms with Gasteiger partial charge in [0, 0.05) is 11.2 Å². The van der Waals surface area contributed by atoms with E-state index in [0.717, 1.165) is 5.69 Å². The standard InChI is InChI=1S/C16H20ClN3O/c17-12-6-7-16(15(18)10-12)21-11-13-8-9-20(19-13)14-4-2-1-3-5-14/h6-10,14H,1-5,11,18H2. The van der Waals surface area contributed by atoms with E-state index in [0.29, 0.717) is 29.1 Å². The number of aromatic nitrogens is 2. The van der Waals surface area contributed by atoms with Gasteiger partial charge in [0.15, 0.2) is 0 Å². The molecule has 21 heavy (non-hydrogen) atoms. The molecule has 4 nitrogen and oxygen atoms in total. The van der Waals surface area contributed by atoms with Crippen molar-refractivity contribution in [1.29, 1.82) is 0 Å². The van der Waals surface area contributed by atoms with Gasteiger partial charge >= 0.3 is 0 Å². The lowest BCUT2D eigenvalue weighted by molar-refractivity contribution is 0.292. The van der Waals surface area contributed by atoms with Crippen molar-refractivity contribution in [2.24, 2.45) is 0 Å². The lowest BCUT2D eigenvalue weighted by Crippen LogP contribution is -2.13. The molecule has 0 radical (unpaired) electrons. The molecule has 0 saturated heterocycles. The summed E-state index contributed by atoms with van der Waals surface area (Å²) in [5.74, 6) is 0.645. The van der Waals surface area contributed by atoms with Crippen molar-refractivity contribution in [3.05, 3.63) is 41.2 Å². The highest BCUT2D eigenvalue weighted by Crippen LogP contribution is 2.28. The van der Waals surface area contributed by atoms with Gasteiger partial charge in [0.1, 0.15) is 12.4 Å². The van der Waals surface area contributed by atoms with E-state index in [4.69, 9.17) is 22.1 Å². The number of anilines is 1. The number of halogens is 1. The van der Waals surface area contributed by atoms with Crippen LogP contribution in [0.4, 0.5) is 5.69 Å². The van der Waals surface area contributed by atoms with E-state index in [1.54, 1.807) is 18.2 Å². The maximum absolute atomic E-state index is 5.87. The number of hydrogen-bond donors (Lipinski definition) is 1. The molecule has 2 N–H and O–H groups in total. The summed E-state index contributed by atoms with van der Waals surface area (Å²) in [5, 5.41) is 5.23. The van der Waals surface area contributed by atoms with Crippen LogP contribution in [0.2, 0.25) is 5.02 Å². The molecule has 3 rings (SSSR count). The lowest BCUT2D eigenvalue weighted by atomic mass is 9.96. The summed E-state index contributed by atoms with van der Waals surface area (Å²) >= 11 is 5.87. The molecule has 112 valence electrons. The number of rotatable bonds is 4. The quantitative estimate of drug-likeness (QED) is 0.861. The van der Waals surface area contributed by atoms with E-state index < -0.39 is 0 Å². The minimum Gasteiger partial charge on any atom is -0.485 e. The summed E-state index contributed by atoms with van der Waals surface area (Å²) in [4.78, 5) is 0. The van der Waals surface area contributed by atoms with Crippen molar-refractivity contribution in [2.75, 3.05) is 5.73 Å². The van der Waals surface area contributed by atoms with E-state index in [1.165, 1.54) is 32.1 Å². The monoisotopic (exact) mass is 305 g/mol. The average molecular weight is 306 g/mol. The van der Waals surface area contributed by atoms with E-state index in [1.807, 2.05) is 6.07 Å². The molecule has 1 saturated carbocycles. The molecule has 1 heterocycles. The van der Waals surface area contributed by atoms with E-state index in [-0.39, 0.29) is 0 Å². The van der Waals surface area contributed by atoms with Gasteiger partial charge in [0.05, 0.1) is 17.4 Å². The zero-order chi connectivity index (χ0) is 14.7. The van der Waals surface area contributed by atoms with Crippen LogP contribution in [-0.2, 0) is 6.61 Å². The molecule has 5 heteroatoms. The van der Waals surface area contributed by atoms with Crippen molar-refractivity contribution in [2.45, 2.75) is 44.8 Å². The maximum Gasteiger partial charge on any atom is 0.142 e. The molecule has 0 atom stereocenters. The Morgan fingerprint density at radius 2 is 2.05 bits per heavy atom. The number of nitrogens with zero attached hydrogens (tertiary/aromatic N) is 2. The third-order valence-electron chi connectivity index (χ3n) is 3.96. The third kappa shape index (κ3) is 3.50. The summed E-state index contributed by atoms with van der Waals surface area (Å²) in [6.45, 7) is 0.422. The van der Waals surface area contributed by atoms with Crippen molar-refractivity contribution in [3.63, 3.8) is 0 Å². The van der Waals surface area contributed by atoms with Crippen LogP contribution in [0.25, 0.3) is 0 Å². The van der Waals surface area contributed by atoms with Gasteiger partial charge in [-0.05, 0) is 37.1 Å². The molecule has 0 bridgehead atoms. The zero-order valence-corrected chi connectivity index (χ0v) is 12.7. The summed E-state index contributed by atoms with van der Waals surface area (Å²) in [7, 11) is 0. The van der Waals surface area contributed by atoms with E-state index in [9.17, 15) is 0 Å². The van der Waals surface area contributed by atoms with Gasteiger partial charge in [-0.3, -0.25) is 4.68 Å². The predicted octanol–water partition coefficient (Wildman–Crippen LogP) is 4.20. The fourth-order valence-corrected chi connectivity index (χ4v) is 2.99. The Morgan fingerprint density at radius 3 is 2.81 bits per heavy atom. The van der Waals surface area contributed by atoms with Crippen LogP contribution in [0.15, 0.2) is 30.5 Å². The van der Waals surface area contributed by atoms with Gasteiger partial charge in [-0.1, -0.05) is 30.9 Å². The summed E-state index contributed by atoms with van der Waals surface area (Å²) in [6, 6.07) is 7.81. The molecule has 0 aliphatic heterocycles. The molecule has 1 aromatic heterocycles. The van der Waals surface area contributed by atoms with Gasteiger partial charge in [-0.25, -0.2) is 0 Å². The average Bonchev–Trinajstić information content (AvgIpc) is 2.96. The number of nitrogens with two attached hydrogens (primary N) is 1. The highest BCUT2D eigenvalue weighted by molar-refractivity contribution is 6.30. The first-order valence-electron chi connectivity index (χ1n) is 7.44. The summed E-state index contributed by atoms with van der Waals surface area (Å²) in [6.07, 6.45) is 8.47. The van der Waals surface area contributed by atoms with Crippen LogP contribution >= 0.6 is 11.6 Å². The SMILES string of the molecule is Nc1cc(Cl)ccc1OCc1ccn(C2CCCCC2)n1. The van der Waals surface area contributed by atoms with E-state index >= 15 is 0 Å². The van der Waals surface area contributed by atoms with Crippen LogP contribution in [0, 0.1) is 0 Å². The number of hydrogen-bond acceptors (Lipinski definition) is 3. The van der Waals surface area contributed by atoms with Crippen molar-refractivity contribution in [3.8, 4) is 5.75 Å². The van der Waals surface area contributed by atoms with Gasteiger partial charge in [0.25, 0.3) is 0 Å². The highest BCUT2D eigenvalue weighted by atomic mass is 35.5. The van der Waals surface area contributed by atoms with Gasteiger partial charge < -0.3 is 10.5 Å². The number of nitrogen functional groups attached to an aromatic ring is 1. The van der Waals surface area contributed by atoms with E-state index in [2.05, 4.69) is 16.0 Å². The third-order valence-corrected chi connectivity index (χ3v) is 4.19. The van der Waals surface area contributed by atoms with Crippen molar-refractivity contribution >= 4 is 17.3 Å². The molecule has 1 aliphatic carbocycles. The lowest BCUT2D eigenvalue weighted by Gasteiger charge is -2.21. The minimum atomic E-state index is 0.422. The molecule has 2 aromatic rings. The van der Waals surface area contributed by atoms with Crippen LogP contribution in [0.1, 0.15) is 43.8 Å². The maximum atomic E-state index is 5.87. The Balaban J connectivity index is 1.61. The van der Waals surface area contributed by atoms with Gasteiger partial charge in [0.2, 0.25) is 0 Å². The first-order valence-corrected chi connectivity index (χ1v) is 7.82. The second kappa shape index (κ2) is 6.39. The largest absolute Gasteiger partial charge is 0.485 e. The molecule has 0 spiro atoms. The molecular weight excluding hydrogens is 286 g/mol. The molecule has 0 amide bonds. The topological polar surface area (TPSA) is 53.1 Å². The Labute approximate surface area is 129 Å². The van der Waals surface area contributed by atoms with Crippen LogP contribution in [0.3, 0.4) is 0 Å².